The van der Waals surface area contributed by atoms with Crippen molar-refractivity contribution < 1.29 is 29.0 Å². The first-order valence-electron chi connectivity index (χ1n) is 15.3. The van der Waals surface area contributed by atoms with Crippen LogP contribution in [0.25, 0.3) is 11.1 Å². The van der Waals surface area contributed by atoms with Crippen LogP contribution in [0.15, 0.2) is 84.9 Å². The Bertz CT molecular complexity index is 1770. The Labute approximate surface area is 272 Å². The molecule has 242 valence electrons. The van der Waals surface area contributed by atoms with Gasteiger partial charge in [-0.2, -0.15) is 0 Å². The highest BCUT2D eigenvalue weighted by molar-refractivity contribution is 6.10. The summed E-state index contributed by atoms with van der Waals surface area (Å²) in [6.45, 7) is 0.302. The number of aromatic nitrogens is 1. The molecule has 11 heteroatoms. The minimum Gasteiger partial charge on any atom is -0.481 e. The number of nitrogens with two attached hydrogens (primary N) is 1. The summed E-state index contributed by atoms with van der Waals surface area (Å²) >= 11 is 0. The normalized spacial score (nSPS) is 13.4. The number of nitrogen functional groups attached to an aromatic ring is 1. The largest absolute Gasteiger partial charge is 0.481 e. The minimum atomic E-state index is -0.692. The van der Waals surface area contributed by atoms with E-state index in [1.807, 2.05) is 30.3 Å². The number of hydrogen-bond donors (Lipinski definition) is 5. The number of aliphatic hydroxyl groups is 1. The van der Waals surface area contributed by atoms with Gasteiger partial charge in [-0.3, -0.25) is 15.0 Å². The van der Waals surface area contributed by atoms with Crippen molar-refractivity contribution in [1.29, 1.82) is 5.41 Å². The number of aliphatic hydroxyl groups excluding tert-OH is 1. The molecule has 5 rings (SSSR count). The number of hydrogen-bond acceptors (Lipinski definition) is 8. The van der Waals surface area contributed by atoms with E-state index in [1.165, 1.54) is 13.2 Å². The molecule has 0 aliphatic heterocycles. The van der Waals surface area contributed by atoms with Gasteiger partial charge in [-0.25, -0.2) is 9.78 Å². The molecule has 1 saturated carbocycles. The quantitative estimate of drug-likeness (QED) is 0.0826. The lowest BCUT2D eigenvalue weighted by Gasteiger charge is -2.26. The van der Waals surface area contributed by atoms with Crippen molar-refractivity contribution in [1.82, 2.24) is 10.3 Å². The highest BCUT2D eigenvalue weighted by Crippen LogP contribution is 2.37. The summed E-state index contributed by atoms with van der Waals surface area (Å²) < 4.78 is 11.0. The molecular weight excluding hydrogens is 598 g/mol. The summed E-state index contributed by atoms with van der Waals surface area (Å²) in [5.41, 5.74) is 7.83. The number of amidine groups is 1. The Morgan fingerprint density at radius 3 is 2.26 bits per heavy atom. The maximum Gasteiger partial charge on any atom is 0.339 e. The molecule has 1 fully saturated rings. The fraction of sp³-hybridized carbons (Fsp3) is 0.250. The summed E-state index contributed by atoms with van der Waals surface area (Å²) in [7, 11) is 1.43. The molecule has 0 bridgehead atoms. The number of nitrogens with one attached hydrogen (secondary N) is 3. The number of benzene rings is 3. The Morgan fingerprint density at radius 1 is 0.915 bits per heavy atom. The summed E-state index contributed by atoms with van der Waals surface area (Å²) in [5, 5.41) is 23.3. The third-order valence-corrected chi connectivity index (χ3v) is 8.38. The van der Waals surface area contributed by atoms with Gasteiger partial charge in [0.05, 0.1) is 19.3 Å². The van der Waals surface area contributed by atoms with Crippen LogP contribution >= 0.6 is 0 Å². The van der Waals surface area contributed by atoms with Crippen LogP contribution in [0.4, 0.5) is 5.69 Å². The number of nitrogens with zero attached hydrogens (tertiary/aromatic N) is 1. The summed E-state index contributed by atoms with van der Waals surface area (Å²) in [4.78, 5) is 45.0. The standard InChI is InChI=1S/C36H37N5O6/c1-46-30-16-15-28(31(41-30)34(44)40-26-12-9-24(10-13-26)32(37)38)27-14-11-25(33(43)39-21-36(22-42)17-5-6-18-36)19-29(27)35(45)47-20-23-7-3-2-4-8-23/h2-4,7-16,19,42H,5-6,17-18,20-22H2,1H3,(H3,37,38)(H,39,43)(H,40,44). The molecule has 47 heavy (non-hydrogen) atoms. The van der Waals surface area contributed by atoms with Crippen LogP contribution in [0.2, 0.25) is 0 Å². The lowest BCUT2D eigenvalue weighted by atomic mass is 9.87. The third-order valence-electron chi connectivity index (χ3n) is 8.38. The van der Waals surface area contributed by atoms with Crippen LogP contribution < -0.4 is 21.1 Å². The molecule has 1 aromatic heterocycles. The van der Waals surface area contributed by atoms with E-state index < -0.39 is 17.8 Å². The molecule has 6 N–H and O–H groups in total. The van der Waals surface area contributed by atoms with Crippen molar-refractivity contribution in [2.45, 2.75) is 32.3 Å². The van der Waals surface area contributed by atoms with Crippen molar-refractivity contribution in [2.24, 2.45) is 11.1 Å². The molecule has 1 aliphatic carbocycles. The van der Waals surface area contributed by atoms with Gasteiger partial charge in [0.2, 0.25) is 5.88 Å². The molecular formula is C36H37N5O6. The number of esters is 1. The fourth-order valence-electron chi connectivity index (χ4n) is 5.64. The van der Waals surface area contributed by atoms with Gasteiger partial charge >= 0.3 is 5.97 Å². The van der Waals surface area contributed by atoms with Crippen molar-refractivity contribution in [3.63, 3.8) is 0 Å². The smallest absolute Gasteiger partial charge is 0.339 e. The van der Waals surface area contributed by atoms with Crippen LogP contribution in [0.3, 0.4) is 0 Å². The lowest BCUT2D eigenvalue weighted by molar-refractivity contribution is 0.0473. The van der Waals surface area contributed by atoms with Gasteiger partial charge in [0, 0.05) is 40.4 Å². The van der Waals surface area contributed by atoms with Crippen molar-refractivity contribution in [2.75, 3.05) is 25.6 Å². The van der Waals surface area contributed by atoms with Gasteiger partial charge in [-0.05, 0) is 66.4 Å². The average Bonchev–Trinajstić information content (AvgIpc) is 3.59. The number of pyridine rings is 1. The van der Waals surface area contributed by atoms with E-state index in [0.29, 0.717) is 28.9 Å². The number of carbonyl (C=O) groups is 3. The van der Waals surface area contributed by atoms with Crippen molar-refractivity contribution >= 4 is 29.3 Å². The van der Waals surface area contributed by atoms with Crippen LogP contribution in [0.5, 0.6) is 5.88 Å². The SMILES string of the molecule is COc1ccc(-c2ccc(C(=O)NCC3(CO)CCCC3)cc2C(=O)OCc2ccccc2)c(C(=O)Nc2ccc(C(=N)N)cc2)n1. The number of ether oxygens (including phenoxy) is 2. The van der Waals surface area contributed by atoms with Crippen LogP contribution in [0, 0.1) is 10.8 Å². The van der Waals surface area contributed by atoms with Gasteiger partial charge in [-0.15, -0.1) is 0 Å². The number of amides is 2. The Balaban J connectivity index is 1.50. The second-order valence-electron chi connectivity index (χ2n) is 11.6. The average molecular weight is 636 g/mol. The van der Waals surface area contributed by atoms with E-state index in [2.05, 4.69) is 15.6 Å². The molecule has 0 unspecified atom stereocenters. The molecule has 11 nitrogen and oxygen atoms in total. The maximum absolute atomic E-state index is 13.7. The molecule has 3 aromatic carbocycles. The monoisotopic (exact) mass is 635 g/mol. The van der Waals surface area contributed by atoms with Crippen molar-refractivity contribution in [3.05, 3.63) is 113 Å². The van der Waals surface area contributed by atoms with Gasteiger partial charge < -0.3 is 30.9 Å². The highest BCUT2D eigenvalue weighted by Gasteiger charge is 2.33. The molecule has 0 spiro atoms. The predicted octanol–water partition coefficient (Wildman–Crippen LogP) is 4.93. The van der Waals surface area contributed by atoms with Crippen LogP contribution in [-0.4, -0.2) is 54.0 Å². The Kier molecular flexibility index (Phi) is 10.3. The van der Waals surface area contributed by atoms with E-state index in [-0.39, 0.29) is 47.2 Å². The van der Waals surface area contributed by atoms with E-state index >= 15 is 0 Å². The molecule has 0 saturated heterocycles. The second kappa shape index (κ2) is 14.7. The first-order valence-corrected chi connectivity index (χ1v) is 15.3. The zero-order valence-electron chi connectivity index (χ0n) is 26.0. The van der Waals surface area contributed by atoms with Gasteiger partial charge in [-0.1, -0.05) is 49.2 Å². The second-order valence-corrected chi connectivity index (χ2v) is 11.6. The van der Waals surface area contributed by atoms with Gasteiger partial charge in [0.1, 0.15) is 18.1 Å². The first kappa shape index (κ1) is 32.8. The van der Waals surface area contributed by atoms with Gasteiger partial charge in [0.25, 0.3) is 11.8 Å². The lowest BCUT2D eigenvalue weighted by Crippen LogP contribution is -2.38. The molecule has 1 aliphatic rings. The zero-order valence-corrected chi connectivity index (χ0v) is 26.0. The van der Waals surface area contributed by atoms with Crippen LogP contribution in [-0.2, 0) is 11.3 Å². The van der Waals surface area contributed by atoms with E-state index in [0.717, 1.165) is 31.2 Å². The molecule has 1 heterocycles. The topological polar surface area (TPSA) is 177 Å². The zero-order chi connectivity index (χ0) is 33.4. The summed E-state index contributed by atoms with van der Waals surface area (Å²) in [5.74, 6) is -1.59. The van der Waals surface area contributed by atoms with Crippen molar-refractivity contribution in [3.8, 4) is 17.0 Å². The van der Waals surface area contributed by atoms with E-state index in [9.17, 15) is 19.5 Å². The maximum atomic E-state index is 13.7. The molecule has 0 radical (unpaired) electrons. The summed E-state index contributed by atoms with van der Waals surface area (Å²) in [6, 6.07) is 23.4. The number of carbonyl (C=O) groups excluding carboxylic acids is 3. The molecule has 4 aromatic rings. The van der Waals surface area contributed by atoms with Crippen LogP contribution in [0.1, 0.15) is 68.0 Å². The molecule has 2 amide bonds. The fourth-order valence-corrected chi connectivity index (χ4v) is 5.64. The minimum absolute atomic E-state index is 0.000971. The Hall–Kier alpha value is -5.55. The predicted molar refractivity (Wildman–Crippen MR) is 178 cm³/mol. The molecule has 0 atom stereocenters. The Morgan fingerprint density at radius 2 is 1.60 bits per heavy atom. The summed E-state index contributed by atoms with van der Waals surface area (Å²) in [6.07, 6.45) is 3.65. The number of anilines is 1. The van der Waals surface area contributed by atoms with Gasteiger partial charge in [0.15, 0.2) is 0 Å². The third kappa shape index (κ3) is 7.82. The van der Waals surface area contributed by atoms with E-state index in [1.54, 1.807) is 48.5 Å². The first-order chi connectivity index (χ1) is 22.7. The van der Waals surface area contributed by atoms with E-state index in [4.69, 9.17) is 20.6 Å². The highest BCUT2D eigenvalue weighted by atomic mass is 16.5. The number of rotatable bonds is 12. The number of methoxy groups -OCH3 is 1.